The van der Waals surface area contributed by atoms with E-state index < -0.39 is 0 Å². The molecule has 3 heteroatoms. The Hall–Kier alpha value is -0.540. The fourth-order valence-corrected chi connectivity index (χ4v) is 3.57. The Morgan fingerprint density at radius 2 is 2.00 bits per heavy atom. The van der Waals surface area contributed by atoms with E-state index in [1.807, 2.05) is 6.07 Å². The Morgan fingerprint density at radius 1 is 1.24 bits per heavy atom. The van der Waals surface area contributed by atoms with Crippen LogP contribution in [0, 0.1) is 0 Å². The van der Waals surface area contributed by atoms with E-state index in [9.17, 15) is 0 Å². The highest BCUT2D eigenvalue weighted by Crippen LogP contribution is 2.45. The predicted octanol–water partition coefficient (Wildman–Crippen LogP) is 3.93. The number of hydrogen-bond donors (Lipinski definition) is 1. The molecule has 0 aromatic heterocycles. The first-order chi connectivity index (χ1) is 8.19. The number of nitrogens with two attached hydrogens (primary N) is 1. The Bertz CT molecular complexity index is 426. The summed E-state index contributed by atoms with van der Waals surface area (Å²) in [5.41, 5.74) is 7.49. The van der Waals surface area contributed by atoms with Gasteiger partial charge in [0.2, 0.25) is 0 Å². The summed E-state index contributed by atoms with van der Waals surface area (Å²) in [6, 6.07) is 6.30. The molecule has 92 valence electrons. The second-order valence-electron chi connectivity index (χ2n) is 5.34. The van der Waals surface area contributed by atoms with Gasteiger partial charge in [-0.2, -0.15) is 0 Å². The highest BCUT2D eigenvalue weighted by atomic mass is 79.9. The van der Waals surface area contributed by atoms with Crippen molar-refractivity contribution in [2.24, 2.45) is 5.73 Å². The van der Waals surface area contributed by atoms with Crippen molar-refractivity contribution in [3.05, 3.63) is 28.2 Å². The Morgan fingerprint density at radius 3 is 2.76 bits per heavy atom. The van der Waals surface area contributed by atoms with Crippen LogP contribution in [0.15, 0.2) is 22.7 Å². The third-order valence-electron chi connectivity index (χ3n) is 4.05. The van der Waals surface area contributed by atoms with Crippen molar-refractivity contribution in [2.75, 3.05) is 0 Å². The molecule has 1 fully saturated rings. The maximum atomic E-state index is 6.32. The van der Waals surface area contributed by atoms with Gasteiger partial charge in [0.05, 0.1) is 0 Å². The normalized spacial score (nSPS) is 26.4. The third-order valence-corrected chi connectivity index (χ3v) is 4.55. The van der Waals surface area contributed by atoms with Gasteiger partial charge in [0.15, 0.2) is 0 Å². The summed E-state index contributed by atoms with van der Waals surface area (Å²) in [6.45, 7) is 0. The molecule has 17 heavy (non-hydrogen) atoms. The maximum Gasteiger partial charge on any atom is 0.124 e. The average molecular weight is 296 g/mol. The van der Waals surface area contributed by atoms with Crippen molar-refractivity contribution in [2.45, 2.75) is 50.2 Å². The molecule has 0 radical (unpaired) electrons. The molecule has 2 aliphatic rings. The van der Waals surface area contributed by atoms with Crippen molar-refractivity contribution in [1.82, 2.24) is 0 Å². The van der Waals surface area contributed by atoms with Gasteiger partial charge in [0, 0.05) is 22.5 Å². The van der Waals surface area contributed by atoms with Gasteiger partial charge in [-0.15, -0.1) is 0 Å². The molecule has 1 aliphatic heterocycles. The van der Waals surface area contributed by atoms with Crippen molar-refractivity contribution in [1.29, 1.82) is 0 Å². The minimum absolute atomic E-state index is 0.0263. The molecule has 1 aromatic carbocycles. The van der Waals surface area contributed by atoms with Crippen molar-refractivity contribution in [3.8, 4) is 5.75 Å². The molecule has 1 aliphatic carbocycles. The molecule has 2 N–H and O–H groups in total. The van der Waals surface area contributed by atoms with Gasteiger partial charge in [-0.3, -0.25) is 0 Å². The molecule has 3 rings (SSSR count). The summed E-state index contributed by atoms with van der Waals surface area (Å²) >= 11 is 3.49. The number of rotatable bonds is 0. The van der Waals surface area contributed by atoms with Crippen LogP contribution >= 0.6 is 15.9 Å². The van der Waals surface area contributed by atoms with E-state index >= 15 is 0 Å². The lowest BCUT2D eigenvalue weighted by Crippen LogP contribution is -2.44. The standard InChI is InChI=1S/C14H18BrNO/c15-10-4-5-13-11(8-10)12(16)9-14(17-13)6-2-1-3-7-14/h4-5,8,12H,1-3,6-7,9,16H2/t12-/m1/s1. The van der Waals surface area contributed by atoms with Gasteiger partial charge in [0.25, 0.3) is 0 Å². The van der Waals surface area contributed by atoms with Crippen LogP contribution in [0.3, 0.4) is 0 Å². The molecule has 1 saturated carbocycles. The molecule has 1 spiro atoms. The molecule has 0 bridgehead atoms. The fourth-order valence-electron chi connectivity index (χ4n) is 3.19. The first kappa shape index (κ1) is 11.5. The first-order valence-corrected chi connectivity index (χ1v) is 7.22. The molecular weight excluding hydrogens is 278 g/mol. The van der Waals surface area contributed by atoms with Gasteiger partial charge in [-0.05, 0) is 43.9 Å². The van der Waals surface area contributed by atoms with E-state index in [2.05, 4.69) is 28.1 Å². The van der Waals surface area contributed by atoms with E-state index in [0.717, 1.165) is 35.0 Å². The largest absolute Gasteiger partial charge is 0.487 e. The SMILES string of the molecule is N[C@@H]1CC2(CCCCC2)Oc2ccc(Br)cc21. The van der Waals surface area contributed by atoms with E-state index in [0.29, 0.717) is 0 Å². The molecule has 1 heterocycles. The average Bonchev–Trinajstić information content (AvgIpc) is 2.31. The smallest absolute Gasteiger partial charge is 0.124 e. The number of fused-ring (bicyclic) bond motifs is 1. The van der Waals surface area contributed by atoms with Crippen LogP contribution in [-0.4, -0.2) is 5.60 Å². The van der Waals surface area contributed by atoms with Gasteiger partial charge in [0.1, 0.15) is 11.4 Å². The monoisotopic (exact) mass is 295 g/mol. The number of ether oxygens (including phenoxy) is 1. The van der Waals surface area contributed by atoms with Gasteiger partial charge < -0.3 is 10.5 Å². The summed E-state index contributed by atoms with van der Waals surface area (Å²) in [5, 5.41) is 0. The zero-order valence-electron chi connectivity index (χ0n) is 9.92. The number of benzene rings is 1. The quantitative estimate of drug-likeness (QED) is 0.787. The van der Waals surface area contributed by atoms with Crippen LogP contribution in [0.2, 0.25) is 0 Å². The summed E-state index contributed by atoms with van der Waals surface area (Å²) in [6.07, 6.45) is 7.19. The summed E-state index contributed by atoms with van der Waals surface area (Å²) in [7, 11) is 0. The molecular formula is C14H18BrNO. The van der Waals surface area contributed by atoms with Crippen LogP contribution < -0.4 is 10.5 Å². The summed E-state index contributed by atoms with van der Waals surface area (Å²) in [5.74, 6) is 0.994. The second kappa shape index (κ2) is 4.29. The van der Waals surface area contributed by atoms with Crippen molar-refractivity contribution >= 4 is 15.9 Å². The highest BCUT2D eigenvalue weighted by molar-refractivity contribution is 9.10. The predicted molar refractivity (Wildman–Crippen MR) is 72.1 cm³/mol. The van der Waals surface area contributed by atoms with Crippen LogP contribution in [0.5, 0.6) is 5.75 Å². The van der Waals surface area contributed by atoms with Crippen LogP contribution in [-0.2, 0) is 0 Å². The molecule has 1 aromatic rings. The topological polar surface area (TPSA) is 35.2 Å². The van der Waals surface area contributed by atoms with Crippen LogP contribution in [0.25, 0.3) is 0 Å². The molecule has 1 atom stereocenters. The highest BCUT2D eigenvalue weighted by Gasteiger charge is 2.40. The zero-order valence-corrected chi connectivity index (χ0v) is 11.5. The maximum absolute atomic E-state index is 6.32. The summed E-state index contributed by atoms with van der Waals surface area (Å²) in [4.78, 5) is 0. The molecule has 0 unspecified atom stereocenters. The lowest BCUT2D eigenvalue weighted by molar-refractivity contribution is 0.00192. The van der Waals surface area contributed by atoms with E-state index in [1.54, 1.807) is 0 Å². The summed E-state index contributed by atoms with van der Waals surface area (Å²) < 4.78 is 7.36. The fraction of sp³-hybridized carbons (Fsp3) is 0.571. The molecule has 2 nitrogen and oxygen atoms in total. The minimum atomic E-state index is 0.0263. The third kappa shape index (κ3) is 2.11. The molecule has 0 amide bonds. The minimum Gasteiger partial charge on any atom is -0.487 e. The van der Waals surface area contributed by atoms with Crippen molar-refractivity contribution < 1.29 is 4.74 Å². The van der Waals surface area contributed by atoms with E-state index in [1.165, 1.54) is 19.3 Å². The van der Waals surface area contributed by atoms with Gasteiger partial charge in [-0.25, -0.2) is 0 Å². The van der Waals surface area contributed by atoms with Crippen LogP contribution in [0.4, 0.5) is 0 Å². The number of hydrogen-bond acceptors (Lipinski definition) is 2. The van der Waals surface area contributed by atoms with Gasteiger partial charge >= 0.3 is 0 Å². The lowest BCUT2D eigenvalue weighted by Gasteiger charge is -2.43. The Labute approximate surface area is 111 Å². The Balaban J connectivity index is 1.94. The van der Waals surface area contributed by atoms with Gasteiger partial charge in [-0.1, -0.05) is 22.4 Å². The van der Waals surface area contributed by atoms with Crippen molar-refractivity contribution in [3.63, 3.8) is 0 Å². The van der Waals surface area contributed by atoms with E-state index in [4.69, 9.17) is 10.5 Å². The Kier molecular flexibility index (Phi) is 2.91. The first-order valence-electron chi connectivity index (χ1n) is 6.43. The molecule has 0 saturated heterocycles. The lowest BCUT2D eigenvalue weighted by atomic mass is 9.77. The zero-order chi connectivity index (χ0) is 11.9. The second-order valence-corrected chi connectivity index (χ2v) is 6.25. The number of halogens is 1. The van der Waals surface area contributed by atoms with E-state index in [-0.39, 0.29) is 11.6 Å². The van der Waals surface area contributed by atoms with Crippen LogP contribution in [0.1, 0.15) is 50.1 Å².